The number of nitrogens with two attached hydrogens (primary N) is 1. The number of carbonyl (C=O) groups is 1. The molecule has 0 saturated carbocycles. The number of nitrogen functional groups attached to an aromatic ring is 1. The van der Waals surface area contributed by atoms with Crippen LogP contribution < -0.4 is 5.73 Å². The molecule has 0 aliphatic rings. The first-order chi connectivity index (χ1) is 7.16. The largest absolute Gasteiger partial charge is 0.375 e. The summed E-state index contributed by atoms with van der Waals surface area (Å²) >= 11 is 2.84. The highest BCUT2D eigenvalue weighted by Crippen LogP contribution is 2.19. The number of ketones is 1. The molecule has 15 heavy (non-hydrogen) atoms. The molecule has 0 amide bonds. The van der Waals surface area contributed by atoms with Gasteiger partial charge in [-0.05, 0) is 23.9 Å². The summed E-state index contributed by atoms with van der Waals surface area (Å²) in [7, 11) is 0. The molecule has 2 aromatic rings. The number of aromatic nitrogens is 1. The summed E-state index contributed by atoms with van der Waals surface area (Å²) in [5.41, 5.74) is 7.30. The van der Waals surface area contributed by atoms with Crippen LogP contribution in [0.5, 0.6) is 0 Å². The van der Waals surface area contributed by atoms with E-state index in [0.29, 0.717) is 11.6 Å². The quantitative estimate of drug-likeness (QED) is 0.836. The van der Waals surface area contributed by atoms with Gasteiger partial charge in [0.1, 0.15) is 0 Å². The van der Waals surface area contributed by atoms with Crippen molar-refractivity contribution in [3.8, 4) is 0 Å². The molecule has 2 N–H and O–H groups in total. The van der Waals surface area contributed by atoms with Gasteiger partial charge in [-0.15, -0.1) is 22.7 Å². The zero-order valence-electron chi connectivity index (χ0n) is 8.19. The summed E-state index contributed by atoms with van der Waals surface area (Å²) in [6.07, 6.45) is 0.342. The summed E-state index contributed by atoms with van der Waals surface area (Å²) in [5, 5.41) is 4.27. The van der Waals surface area contributed by atoms with E-state index in [1.54, 1.807) is 0 Å². The molecule has 0 fully saturated rings. The zero-order chi connectivity index (χ0) is 10.8. The van der Waals surface area contributed by atoms with E-state index in [1.807, 2.05) is 23.8 Å². The molecule has 0 aliphatic heterocycles. The highest BCUT2D eigenvalue weighted by Gasteiger charge is 2.12. The van der Waals surface area contributed by atoms with Gasteiger partial charge in [-0.2, -0.15) is 0 Å². The molecule has 5 heteroatoms. The lowest BCUT2D eigenvalue weighted by Crippen LogP contribution is -2.03. The monoisotopic (exact) mass is 238 g/mol. The molecular weight excluding hydrogens is 228 g/mol. The van der Waals surface area contributed by atoms with Crippen molar-refractivity contribution >= 4 is 33.6 Å². The third kappa shape index (κ3) is 2.24. The van der Waals surface area contributed by atoms with Crippen molar-refractivity contribution in [3.05, 3.63) is 33.0 Å². The Bertz CT molecular complexity index is 487. The maximum absolute atomic E-state index is 11.8. The molecule has 0 bridgehead atoms. The van der Waals surface area contributed by atoms with E-state index in [9.17, 15) is 4.79 Å². The second-order valence-electron chi connectivity index (χ2n) is 3.21. The Hall–Kier alpha value is -1.20. The Morgan fingerprint density at radius 2 is 2.33 bits per heavy atom. The van der Waals surface area contributed by atoms with Gasteiger partial charge in [0, 0.05) is 5.38 Å². The number of carbonyl (C=O) groups excluding carboxylic acids is 1. The highest BCUT2D eigenvalue weighted by atomic mass is 32.1. The van der Waals surface area contributed by atoms with Crippen LogP contribution in [0.15, 0.2) is 16.8 Å². The highest BCUT2D eigenvalue weighted by molar-refractivity contribution is 7.13. The molecule has 0 unspecified atom stereocenters. The molecule has 2 rings (SSSR count). The van der Waals surface area contributed by atoms with Crippen molar-refractivity contribution in [1.82, 2.24) is 4.98 Å². The van der Waals surface area contributed by atoms with Crippen molar-refractivity contribution in [1.29, 1.82) is 0 Å². The molecule has 78 valence electrons. The van der Waals surface area contributed by atoms with Crippen LogP contribution >= 0.6 is 22.7 Å². The second-order valence-corrected chi connectivity index (χ2v) is 5.02. The van der Waals surface area contributed by atoms with Gasteiger partial charge in [-0.25, -0.2) is 4.98 Å². The lowest BCUT2D eigenvalue weighted by molar-refractivity contribution is 0.0995. The maximum Gasteiger partial charge on any atom is 0.180 e. The molecule has 0 saturated heterocycles. The van der Waals surface area contributed by atoms with Gasteiger partial charge >= 0.3 is 0 Å². The standard InChI is InChI=1S/C10H10N2OS2/c1-6-2-3-14-9(6)8(13)4-7-5-15-10(11)12-7/h2-3,5H,4H2,1H3,(H2,11,12). The fourth-order valence-corrected chi connectivity index (χ4v) is 2.74. The van der Waals surface area contributed by atoms with E-state index in [4.69, 9.17) is 5.73 Å². The van der Waals surface area contributed by atoms with Crippen LogP contribution in [0.2, 0.25) is 0 Å². The van der Waals surface area contributed by atoms with Crippen LogP contribution in [0.25, 0.3) is 0 Å². The van der Waals surface area contributed by atoms with Gasteiger partial charge in [-0.3, -0.25) is 4.79 Å². The van der Waals surface area contributed by atoms with Crippen molar-refractivity contribution in [2.45, 2.75) is 13.3 Å². The molecule has 0 aliphatic carbocycles. The minimum absolute atomic E-state index is 0.118. The van der Waals surface area contributed by atoms with Crippen LogP contribution in [0.4, 0.5) is 5.13 Å². The van der Waals surface area contributed by atoms with Crippen LogP contribution in [-0.4, -0.2) is 10.8 Å². The average Bonchev–Trinajstić information content (AvgIpc) is 2.75. The SMILES string of the molecule is Cc1ccsc1C(=O)Cc1csc(N)n1. The van der Waals surface area contributed by atoms with Gasteiger partial charge in [0.05, 0.1) is 17.0 Å². The van der Waals surface area contributed by atoms with Crippen molar-refractivity contribution in [2.75, 3.05) is 5.73 Å². The first-order valence-electron chi connectivity index (χ1n) is 4.44. The molecule has 2 heterocycles. The van der Waals surface area contributed by atoms with Crippen LogP contribution in [-0.2, 0) is 6.42 Å². The van der Waals surface area contributed by atoms with Crippen molar-refractivity contribution in [3.63, 3.8) is 0 Å². The first-order valence-corrected chi connectivity index (χ1v) is 6.20. The summed E-state index contributed by atoms with van der Waals surface area (Å²) < 4.78 is 0. The number of hydrogen-bond acceptors (Lipinski definition) is 5. The van der Waals surface area contributed by atoms with E-state index in [0.717, 1.165) is 16.1 Å². The average molecular weight is 238 g/mol. The third-order valence-corrected chi connectivity index (χ3v) is 3.81. The van der Waals surface area contributed by atoms with Crippen molar-refractivity contribution < 1.29 is 4.79 Å². The molecule has 0 radical (unpaired) electrons. The van der Waals surface area contributed by atoms with E-state index in [1.165, 1.54) is 22.7 Å². The molecule has 2 aromatic heterocycles. The predicted octanol–water partition coefficient (Wildman–Crippen LogP) is 2.52. The van der Waals surface area contributed by atoms with Gasteiger partial charge in [-0.1, -0.05) is 0 Å². The Morgan fingerprint density at radius 3 is 2.87 bits per heavy atom. The molecule has 0 aromatic carbocycles. The van der Waals surface area contributed by atoms with Gasteiger partial charge in [0.25, 0.3) is 0 Å². The number of anilines is 1. The van der Waals surface area contributed by atoms with E-state index in [2.05, 4.69) is 4.98 Å². The summed E-state index contributed by atoms with van der Waals surface area (Å²) in [6.45, 7) is 1.94. The van der Waals surface area contributed by atoms with Crippen LogP contribution in [0.1, 0.15) is 20.9 Å². The third-order valence-electron chi connectivity index (χ3n) is 2.03. The Labute approximate surface area is 95.6 Å². The molecule has 0 atom stereocenters. The fraction of sp³-hybridized carbons (Fsp3) is 0.200. The van der Waals surface area contributed by atoms with Crippen LogP contribution in [0, 0.1) is 6.92 Å². The summed E-state index contributed by atoms with van der Waals surface area (Å²) in [6, 6.07) is 1.95. The minimum atomic E-state index is 0.118. The van der Waals surface area contributed by atoms with Gasteiger partial charge < -0.3 is 5.73 Å². The summed E-state index contributed by atoms with van der Waals surface area (Å²) in [5.74, 6) is 0.118. The number of rotatable bonds is 3. The first kappa shape index (κ1) is 10.3. The second kappa shape index (κ2) is 4.12. The van der Waals surface area contributed by atoms with E-state index < -0.39 is 0 Å². The number of thiazole rings is 1. The number of hydrogen-bond donors (Lipinski definition) is 1. The van der Waals surface area contributed by atoms with Gasteiger partial charge in [0.2, 0.25) is 0 Å². The number of Topliss-reactive ketones (excluding diaryl/α,β-unsaturated/α-hetero) is 1. The predicted molar refractivity (Wildman–Crippen MR) is 63.6 cm³/mol. The fourth-order valence-electron chi connectivity index (χ4n) is 1.31. The van der Waals surface area contributed by atoms with E-state index >= 15 is 0 Å². The Morgan fingerprint density at radius 1 is 1.53 bits per heavy atom. The maximum atomic E-state index is 11.8. The number of thiophene rings is 1. The lowest BCUT2D eigenvalue weighted by atomic mass is 10.1. The normalized spacial score (nSPS) is 10.5. The lowest BCUT2D eigenvalue weighted by Gasteiger charge is -1.96. The summed E-state index contributed by atoms with van der Waals surface area (Å²) in [4.78, 5) is 16.7. The smallest absolute Gasteiger partial charge is 0.180 e. The zero-order valence-corrected chi connectivity index (χ0v) is 9.82. The molecule has 0 spiro atoms. The Kier molecular flexibility index (Phi) is 2.83. The van der Waals surface area contributed by atoms with Crippen molar-refractivity contribution in [2.24, 2.45) is 0 Å². The van der Waals surface area contributed by atoms with E-state index in [-0.39, 0.29) is 5.78 Å². The number of aryl methyl sites for hydroxylation is 1. The Balaban J connectivity index is 2.14. The molecule has 3 nitrogen and oxygen atoms in total. The van der Waals surface area contributed by atoms with Gasteiger partial charge in [0.15, 0.2) is 10.9 Å². The topological polar surface area (TPSA) is 56.0 Å². The number of nitrogens with zero attached hydrogens (tertiary/aromatic N) is 1. The van der Waals surface area contributed by atoms with Crippen LogP contribution in [0.3, 0.4) is 0 Å². The minimum Gasteiger partial charge on any atom is -0.375 e. The molecular formula is C10H10N2OS2.